The van der Waals surface area contributed by atoms with E-state index in [4.69, 9.17) is 9.47 Å². The highest BCUT2D eigenvalue weighted by Crippen LogP contribution is 2.20. The van der Waals surface area contributed by atoms with Crippen LogP contribution in [0.15, 0.2) is 47.4 Å². The second-order valence-electron chi connectivity index (χ2n) is 6.53. The van der Waals surface area contributed by atoms with Gasteiger partial charge in [0.2, 0.25) is 0 Å². The van der Waals surface area contributed by atoms with Gasteiger partial charge in [0.15, 0.2) is 0 Å². The molecule has 9 heteroatoms. The number of sulfonamides is 1. The molecular weight excluding hydrogens is 408 g/mol. The summed E-state index contributed by atoms with van der Waals surface area (Å²) < 4.78 is 35.5. The van der Waals surface area contributed by atoms with Crippen molar-refractivity contribution in [2.75, 3.05) is 27.3 Å². The number of methoxy groups -OCH3 is 1. The summed E-state index contributed by atoms with van der Waals surface area (Å²) in [6.45, 7) is 3.94. The van der Waals surface area contributed by atoms with Crippen molar-refractivity contribution in [3.05, 3.63) is 59.2 Å². The molecule has 0 bridgehead atoms. The van der Waals surface area contributed by atoms with Gasteiger partial charge in [0.25, 0.3) is 15.9 Å². The summed E-state index contributed by atoms with van der Waals surface area (Å²) in [7, 11) is -1.32. The molecule has 8 nitrogen and oxygen atoms in total. The van der Waals surface area contributed by atoms with E-state index >= 15 is 0 Å². The summed E-state index contributed by atoms with van der Waals surface area (Å²) in [4.78, 5) is 24.1. The van der Waals surface area contributed by atoms with Crippen LogP contribution in [0.4, 0.5) is 4.79 Å². The molecule has 0 fully saturated rings. The van der Waals surface area contributed by atoms with Gasteiger partial charge >= 0.3 is 6.09 Å². The number of ether oxygens (including phenoxy) is 2. The van der Waals surface area contributed by atoms with E-state index in [1.807, 2.05) is 13.0 Å². The second kappa shape index (κ2) is 10.1. The summed E-state index contributed by atoms with van der Waals surface area (Å²) in [6, 6.07) is 11.5. The third-order valence-corrected chi connectivity index (χ3v) is 6.14. The van der Waals surface area contributed by atoms with Crippen molar-refractivity contribution >= 4 is 22.0 Å². The molecule has 0 atom stereocenters. The zero-order valence-electron chi connectivity index (χ0n) is 17.5. The Morgan fingerprint density at radius 3 is 2.37 bits per heavy atom. The van der Waals surface area contributed by atoms with E-state index in [2.05, 4.69) is 5.32 Å². The Kier molecular flexibility index (Phi) is 7.82. The molecule has 2 aromatic carbocycles. The van der Waals surface area contributed by atoms with Crippen molar-refractivity contribution in [3.63, 3.8) is 0 Å². The van der Waals surface area contributed by atoms with Gasteiger partial charge in [0.05, 0.1) is 24.2 Å². The van der Waals surface area contributed by atoms with Crippen molar-refractivity contribution < 1.29 is 27.5 Å². The minimum Gasteiger partial charge on any atom is -0.496 e. The highest BCUT2D eigenvalue weighted by atomic mass is 32.2. The third-order valence-electron chi connectivity index (χ3n) is 4.41. The SMILES string of the molecule is CCOC(=O)N(C)S(=O)(=O)c1ccc(CCNC(=O)c2cc(C)ccc2OC)cc1. The third kappa shape index (κ3) is 5.50. The van der Waals surface area contributed by atoms with Crippen LogP contribution < -0.4 is 10.1 Å². The van der Waals surface area contributed by atoms with Gasteiger partial charge in [-0.1, -0.05) is 23.8 Å². The van der Waals surface area contributed by atoms with Crippen molar-refractivity contribution in [2.45, 2.75) is 25.2 Å². The summed E-state index contributed by atoms with van der Waals surface area (Å²) in [5.41, 5.74) is 2.25. The van der Waals surface area contributed by atoms with Gasteiger partial charge in [-0.3, -0.25) is 4.79 Å². The number of amides is 2. The predicted octanol–water partition coefficient (Wildman–Crippen LogP) is 2.75. The second-order valence-corrected chi connectivity index (χ2v) is 8.49. The zero-order chi connectivity index (χ0) is 22.3. The molecule has 2 rings (SSSR count). The maximum absolute atomic E-state index is 12.5. The molecule has 0 unspecified atom stereocenters. The first-order chi connectivity index (χ1) is 14.2. The molecule has 2 amide bonds. The first-order valence-corrected chi connectivity index (χ1v) is 10.8. The monoisotopic (exact) mass is 434 g/mol. The van der Waals surface area contributed by atoms with E-state index < -0.39 is 16.1 Å². The maximum Gasteiger partial charge on any atom is 0.423 e. The van der Waals surface area contributed by atoms with E-state index in [0.717, 1.165) is 18.2 Å². The molecule has 0 aliphatic carbocycles. The molecule has 0 spiro atoms. The number of benzene rings is 2. The van der Waals surface area contributed by atoms with Crippen LogP contribution in [0.5, 0.6) is 5.75 Å². The van der Waals surface area contributed by atoms with Crippen LogP contribution in [0, 0.1) is 6.92 Å². The number of carbonyl (C=O) groups excluding carboxylic acids is 2. The quantitative estimate of drug-likeness (QED) is 0.685. The Bertz CT molecular complexity index is 1000. The molecule has 1 N–H and O–H groups in total. The predicted molar refractivity (Wildman–Crippen MR) is 112 cm³/mol. The van der Waals surface area contributed by atoms with E-state index in [9.17, 15) is 18.0 Å². The van der Waals surface area contributed by atoms with Gasteiger partial charge in [-0.15, -0.1) is 0 Å². The smallest absolute Gasteiger partial charge is 0.423 e. The fourth-order valence-corrected chi connectivity index (χ4v) is 3.76. The molecule has 2 aromatic rings. The normalized spacial score (nSPS) is 10.9. The van der Waals surface area contributed by atoms with Gasteiger partial charge < -0.3 is 14.8 Å². The topological polar surface area (TPSA) is 102 Å². The number of aryl methyl sites for hydroxylation is 1. The minimum atomic E-state index is -3.98. The van der Waals surface area contributed by atoms with Crippen LogP contribution in [-0.2, 0) is 21.2 Å². The Hall–Kier alpha value is -3.07. The lowest BCUT2D eigenvalue weighted by atomic mass is 10.1. The summed E-state index contributed by atoms with van der Waals surface area (Å²) >= 11 is 0. The molecular formula is C21H26N2O6S. The lowest BCUT2D eigenvalue weighted by Gasteiger charge is -2.17. The molecule has 0 saturated carbocycles. The number of hydrogen-bond acceptors (Lipinski definition) is 6. The van der Waals surface area contributed by atoms with Gasteiger partial charge in [-0.2, -0.15) is 0 Å². The molecule has 30 heavy (non-hydrogen) atoms. The van der Waals surface area contributed by atoms with Crippen molar-refractivity contribution in [2.24, 2.45) is 0 Å². The number of nitrogens with zero attached hydrogens (tertiary/aromatic N) is 1. The van der Waals surface area contributed by atoms with Gasteiger partial charge in [-0.05, 0) is 50.1 Å². The summed E-state index contributed by atoms with van der Waals surface area (Å²) in [6.07, 6.45) is -0.427. The molecule has 0 aliphatic rings. The van der Waals surface area contributed by atoms with Gasteiger partial charge in [0, 0.05) is 13.6 Å². The fourth-order valence-electron chi connectivity index (χ4n) is 2.71. The number of rotatable bonds is 8. The first kappa shape index (κ1) is 23.2. The largest absolute Gasteiger partial charge is 0.496 e. The first-order valence-electron chi connectivity index (χ1n) is 9.38. The van der Waals surface area contributed by atoms with Gasteiger partial charge in [-0.25, -0.2) is 17.5 Å². The Labute approximate surface area is 176 Å². The molecule has 0 radical (unpaired) electrons. The zero-order valence-corrected chi connectivity index (χ0v) is 18.3. The van der Waals surface area contributed by atoms with Crippen LogP contribution in [0.1, 0.15) is 28.4 Å². The summed E-state index contributed by atoms with van der Waals surface area (Å²) in [5, 5.41) is 2.83. The number of carbonyl (C=O) groups is 2. The van der Waals surface area contributed by atoms with Gasteiger partial charge in [0.1, 0.15) is 5.75 Å². The number of nitrogens with one attached hydrogen (secondary N) is 1. The number of hydrogen-bond donors (Lipinski definition) is 1. The molecule has 162 valence electrons. The minimum absolute atomic E-state index is 0.0182. The molecule has 0 heterocycles. The van der Waals surface area contributed by atoms with Crippen LogP contribution in [0.25, 0.3) is 0 Å². The van der Waals surface area contributed by atoms with E-state index in [-0.39, 0.29) is 17.4 Å². The van der Waals surface area contributed by atoms with Crippen LogP contribution in [0.2, 0.25) is 0 Å². The molecule has 0 aromatic heterocycles. The summed E-state index contributed by atoms with van der Waals surface area (Å²) in [5.74, 6) is 0.254. The van der Waals surface area contributed by atoms with Crippen molar-refractivity contribution in [3.8, 4) is 5.75 Å². The van der Waals surface area contributed by atoms with Crippen LogP contribution >= 0.6 is 0 Å². The Morgan fingerprint density at radius 2 is 1.77 bits per heavy atom. The van der Waals surface area contributed by atoms with E-state index in [1.165, 1.54) is 19.2 Å². The molecule has 0 saturated heterocycles. The lowest BCUT2D eigenvalue weighted by Crippen LogP contribution is -2.33. The van der Waals surface area contributed by atoms with Crippen molar-refractivity contribution in [1.82, 2.24) is 9.62 Å². The van der Waals surface area contributed by atoms with E-state index in [0.29, 0.717) is 28.6 Å². The van der Waals surface area contributed by atoms with Crippen LogP contribution in [-0.4, -0.2) is 52.0 Å². The van der Waals surface area contributed by atoms with Crippen molar-refractivity contribution in [1.29, 1.82) is 0 Å². The lowest BCUT2D eigenvalue weighted by molar-refractivity contribution is 0.0951. The average molecular weight is 435 g/mol. The Morgan fingerprint density at radius 1 is 1.10 bits per heavy atom. The highest BCUT2D eigenvalue weighted by Gasteiger charge is 2.26. The van der Waals surface area contributed by atoms with E-state index in [1.54, 1.807) is 31.2 Å². The molecule has 0 aliphatic heterocycles. The highest BCUT2D eigenvalue weighted by molar-refractivity contribution is 7.89. The fraction of sp³-hybridized carbons (Fsp3) is 0.333. The van der Waals surface area contributed by atoms with Crippen LogP contribution in [0.3, 0.4) is 0 Å². The maximum atomic E-state index is 12.5. The average Bonchev–Trinajstić information content (AvgIpc) is 2.73. The Balaban J connectivity index is 1.99. The standard InChI is InChI=1S/C21H26N2O6S/c1-5-29-21(25)23(3)30(26,27)17-9-7-16(8-10-17)12-13-22-20(24)18-14-15(2)6-11-19(18)28-4/h6-11,14H,5,12-13H2,1-4H3,(H,22,24).